The van der Waals surface area contributed by atoms with Crippen molar-refractivity contribution in [2.24, 2.45) is 0 Å². The van der Waals surface area contributed by atoms with Crippen LogP contribution in [0.25, 0.3) is 0 Å². The van der Waals surface area contributed by atoms with Crippen molar-refractivity contribution in [3.8, 4) is 0 Å². The van der Waals surface area contributed by atoms with Gasteiger partial charge < -0.3 is 18.9 Å². The standard InChI is InChI=1S/C10H17O4P3.2Na/c11-16(12)8-6-15(7-9-17(13)14)10-4-2-1-3-5-10;;/h1-5,16-17H,6-9H2,(H,11,12)(H,13,14);;/q;2*+1/p-2. The summed E-state index contributed by atoms with van der Waals surface area (Å²) in [7, 11) is -6.08. The fraction of sp³-hybridized carbons (Fsp3) is 0.400. The van der Waals surface area contributed by atoms with E-state index in [9.17, 15) is 18.9 Å². The Hall–Kier alpha value is 2.03. The van der Waals surface area contributed by atoms with E-state index in [1.54, 1.807) is 0 Å². The summed E-state index contributed by atoms with van der Waals surface area (Å²) in [6.45, 7) is 0. The molecule has 0 aliphatic rings. The summed E-state index contributed by atoms with van der Waals surface area (Å²) in [6, 6.07) is 9.56. The van der Waals surface area contributed by atoms with Gasteiger partial charge >= 0.3 is 59.1 Å². The molecule has 0 radical (unpaired) electrons. The van der Waals surface area contributed by atoms with E-state index in [1.165, 1.54) is 0 Å². The predicted molar refractivity (Wildman–Crippen MR) is 70.5 cm³/mol. The first-order valence-electron chi connectivity index (χ1n) is 5.29. The van der Waals surface area contributed by atoms with Gasteiger partial charge in [0.15, 0.2) is 0 Å². The van der Waals surface area contributed by atoms with Crippen molar-refractivity contribution in [3.05, 3.63) is 30.3 Å². The summed E-state index contributed by atoms with van der Waals surface area (Å²) >= 11 is 0. The molecule has 2 atom stereocenters. The molecule has 0 heterocycles. The third-order valence-electron chi connectivity index (χ3n) is 2.29. The topological polar surface area (TPSA) is 80.3 Å². The van der Waals surface area contributed by atoms with Gasteiger partial charge in [0.25, 0.3) is 0 Å². The monoisotopic (exact) mass is 338 g/mol. The zero-order valence-electron chi connectivity index (χ0n) is 11.3. The summed E-state index contributed by atoms with van der Waals surface area (Å²) in [4.78, 5) is 21.3. The van der Waals surface area contributed by atoms with Gasteiger partial charge in [0.2, 0.25) is 0 Å². The Morgan fingerprint density at radius 1 is 0.895 bits per heavy atom. The molecule has 0 bridgehead atoms. The Kier molecular flexibility index (Phi) is 16.8. The largest absolute Gasteiger partial charge is 1.00 e. The van der Waals surface area contributed by atoms with E-state index in [1.807, 2.05) is 30.3 Å². The fourth-order valence-electron chi connectivity index (χ4n) is 1.46. The van der Waals surface area contributed by atoms with Crippen LogP contribution in [0.15, 0.2) is 30.3 Å². The first kappa shape index (κ1) is 23.3. The fourth-order valence-corrected chi connectivity index (χ4v) is 6.42. The van der Waals surface area contributed by atoms with Crippen LogP contribution in [-0.4, -0.2) is 24.6 Å². The van der Waals surface area contributed by atoms with Gasteiger partial charge in [-0.1, -0.05) is 38.3 Å². The Morgan fingerprint density at radius 2 is 1.32 bits per heavy atom. The maximum Gasteiger partial charge on any atom is 1.00 e. The minimum atomic E-state index is -2.71. The second kappa shape index (κ2) is 13.7. The molecule has 2 unspecified atom stereocenters. The van der Waals surface area contributed by atoms with Crippen LogP contribution in [-0.2, 0) is 9.13 Å². The molecule has 1 rings (SSSR count). The Bertz CT molecular complexity index is 374. The third-order valence-corrected chi connectivity index (χ3v) is 7.01. The smallest absolute Gasteiger partial charge is 0.802 e. The summed E-state index contributed by atoms with van der Waals surface area (Å²) in [6.07, 6.45) is 1.47. The molecule has 96 valence electrons. The van der Waals surface area contributed by atoms with E-state index in [-0.39, 0.29) is 71.4 Å². The molecule has 9 heteroatoms. The molecule has 0 aromatic heterocycles. The van der Waals surface area contributed by atoms with Gasteiger partial charge in [-0.15, -0.1) is 0 Å². The average Bonchev–Trinajstić information content (AvgIpc) is 2.29. The van der Waals surface area contributed by atoms with Crippen LogP contribution in [0, 0.1) is 0 Å². The zero-order chi connectivity index (χ0) is 12.7. The van der Waals surface area contributed by atoms with E-state index in [2.05, 4.69) is 0 Å². The molecular weight excluding hydrogens is 323 g/mol. The molecular formula is C10H15Na2O4P3. The maximum absolute atomic E-state index is 10.6. The quantitative estimate of drug-likeness (QED) is 0.367. The van der Waals surface area contributed by atoms with E-state index >= 15 is 0 Å². The minimum Gasteiger partial charge on any atom is -0.802 e. The maximum atomic E-state index is 10.6. The second-order valence-corrected chi connectivity index (χ2v) is 8.55. The molecule has 0 amide bonds. The molecule has 0 N–H and O–H groups in total. The Balaban J connectivity index is 0. The van der Waals surface area contributed by atoms with Crippen LogP contribution < -0.4 is 74.2 Å². The van der Waals surface area contributed by atoms with Gasteiger partial charge in [-0.3, -0.25) is 0 Å². The summed E-state index contributed by atoms with van der Waals surface area (Å²) in [5.74, 6) is 0. The zero-order valence-corrected chi connectivity index (χ0v) is 18.2. The van der Waals surface area contributed by atoms with Gasteiger partial charge in [-0.2, -0.15) is 0 Å². The SMILES string of the molecule is O=[PH]([O-])CCP(CC[PH](=O)[O-])c1ccccc1.[Na+].[Na+]. The van der Waals surface area contributed by atoms with Crippen LogP contribution in [0.5, 0.6) is 0 Å². The summed E-state index contributed by atoms with van der Waals surface area (Å²) in [5.41, 5.74) is 0. The number of rotatable bonds is 7. The van der Waals surface area contributed by atoms with E-state index in [0.29, 0.717) is 12.3 Å². The predicted octanol–water partition coefficient (Wildman–Crippen LogP) is -5.53. The molecule has 0 saturated heterocycles. The van der Waals surface area contributed by atoms with Crippen molar-refractivity contribution < 1.29 is 78.0 Å². The summed E-state index contributed by atoms with van der Waals surface area (Å²) < 4.78 is 21.3. The molecule has 19 heavy (non-hydrogen) atoms. The van der Waals surface area contributed by atoms with Crippen LogP contribution >= 0.6 is 24.0 Å². The normalized spacial score (nSPS) is 14.6. The van der Waals surface area contributed by atoms with Gasteiger partial charge in [0, 0.05) is 16.1 Å². The van der Waals surface area contributed by atoms with Crippen molar-refractivity contribution in [2.75, 3.05) is 24.6 Å². The molecule has 0 aliphatic heterocycles. The first-order valence-corrected chi connectivity index (χ1v) is 10.0. The van der Waals surface area contributed by atoms with Crippen molar-refractivity contribution in [1.82, 2.24) is 0 Å². The van der Waals surface area contributed by atoms with Gasteiger partial charge in [0.1, 0.15) is 0 Å². The molecule has 1 aromatic rings. The Labute approximate surface area is 160 Å². The molecule has 4 nitrogen and oxygen atoms in total. The second-order valence-electron chi connectivity index (χ2n) is 3.57. The summed E-state index contributed by atoms with van der Waals surface area (Å²) in [5, 5.41) is 1.08. The van der Waals surface area contributed by atoms with Crippen LogP contribution in [0.4, 0.5) is 0 Å². The number of benzene rings is 1. The number of hydrogen-bond acceptors (Lipinski definition) is 4. The van der Waals surface area contributed by atoms with Gasteiger partial charge in [-0.05, 0) is 30.0 Å². The minimum absolute atomic E-state index is 0. The van der Waals surface area contributed by atoms with Crippen molar-refractivity contribution >= 4 is 29.3 Å². The molecule has 0 aliphatic carbocycles. The molecule has 0 fully saturated rings. The third kappa shape index (κ3) is 11.3. The van der Waals surface area contributed by atoms with Crippen LogP contribution in [0.3, 0.4) is 0 Å². The van der Waals surface area contributed by atoms with Crippen molar-refractivity contribution in [2.45, 2.75) is 0 Å². The van der Waals surface area contributed by atoms with Crippen molar-refractivity contribution in [1.29, 1.82) is 0 Å². The van der Waals surface area contributed by atoms with E-state index < -0.39 is 24.0 Å². The molecule has 1 aromatic carbocycles. The Morgan fingerprint density at radius 3 is 1.68 bits per heavy atom. The molecule has 0 saturated carbocycles. The molecule has 0 spiro atoms. The first-order chi connectivity index (χ1) is 8.09. The average molecular weight is 338 g/mol. The number of hydrogen-bond donors (Lipinski definition) is 0. The van der Waals surface area contributed by atoms with Crippen LogP contribution in [0.1, 0.15) is 0 Å². The van der Waals surface area contributed by atoms with Crippen molar-refractivity contribution in [3.63, 3.8) is 0 Å². The van der Waals surface area contributed by atoms with E-state index in [4.69, 9.17) is 0 Å². The van der Waals surface area contributed by atoms with Gasteiger partial charge in [0.05, 0.1) is 0 Å². The van der Waals surface area contributed by atoms with Gasteiger partial charge in [-0.25, -0.2) is 0 Å². The van der Waals surface area contributed by atoms with E-state index in [0.717, 1.165) is 5.30 Å². The van der Waals surface area contributed by atoms with Crippen LogP contribution in [0.2, 0.25) is 0 Å².